The molecule has 0 aliphatic carbocycles. The van der Waals surface area contributed by atoms with Crippen molar-refractivity contribution < 1.29 is 0 Å². The summed E-state index contributed by atoms with van der Waals surface area (Å²) in [4.78, 5) is 0. The van der Waals surface area contributed by atoms with Gasteiger partial charge in [0, 0.05) is 24.8 Å². The molecule has 1 aromatic heterocycles. The van der Waals surface area contributed by atoms with Crippen LogP contribution in [-0.4, -0.2) is 4.57 Å². The molecule has 1 aromatic carbocycles. The maximum atomic E-state index is 5.63. The van der Waals surface area contributed by atoms with Gasteiger partial charge in [-0.15, -0.1) is 6.58 Å². The molecule has 0 radical (unpaired) electrons. The molecule has 0 aliphatic rings. The molecule has 2 aromatic rings. The number of fused-ring (bicyclic) bond motifs is 1. The van der Waals surface area contributed by atoms with Crippen LogP contribution in [0.2, 0.25) is 0 Å². The largest absolute Gasteiger partial charge is 0.347 e. The fraction of sp³-hybridized carbons (Fsp3) is 0.286. The highest BCUT2D eigenvalue weighted by atomic mass is 14.9. The second kappa shape index (κ2) is 4.54. The van der Waals surface area contributed by atoms with Crippen molar-refractivity contribution in [1.82, 2.24) is 4.57 Å². The quantitative estimate of drug-likeness (QED) is 0.779. The van der Waals surface area contributed by atoms with E-state index in [1.807, 2.05) is 0 Å². The van der Waals surface area contributed by atoms with Gasteiger partial charge in [-0.3, -0.25) is 0 Å². The van der Waals surface area contributed by atoms with E-state index in [9.17, 15) is 0 Å². The molecule has 0 fully saturated rings. The molecule has 84 valence electrons. The lowest BCUT2D eigenvalue weighted by Gasteiger charge is -2.05. The lowest BCUT2D eigenvalue weighted by molar-refractivity contribution is 0.719. The molecule has 0 saturated heterocycles. The molecule has 0 atom stereocenters. The highest BCUT2D eigenvalue weighted by molar-refractivity contribution is 5.80. The lowest BCUT2D eigenvalue weighted by atomic mass is 10.1. The van der Waals surface area contributed by atoms with Gasteiger partial charge in [-0.1, -0.05) is 11.6 Å². The summed E-state index contributed by atoms with van der Waals surface area (Å²) in [7, 11) is 0. The van der Waals surface area contributed by atoms with Gasteiger partial charge in [0.2, 0.25) is 0 Å². The smallest absolute Gasteiger partial charge is 0.0480 e. The van der Waals surface area contributed by atoms with Crippen LogP contribution in [0.5, 0.6) is 0 Å². The van der Waals surface area contributed by atoms with Gasteiger partial charge in [0.05, 0.1) is 0 Å². The Morgan fingerprint density at radius 2 is 2.19 bits per heavy atom. The summed E-state index contributed by atoms with van der Waals surface area (Å²) in [5, 5.41) is 1.27. The Morgan fingerprint density at radius 3 is 2.88 bits per heavy atom. The maximum absolute atomic E-state index is 5.63. The molecule has 2 heteroatoms. The van der Waals surface area contributed by atoms with Gasteiger partial charge in [0.1, 0.15) is 0 Å². The number of rotatable bonds is 4. The Hall–Kier alpha value is -1.54. The van der Waals surface area contributed by atoms with Crippen LogP contribution in [0, 0.1) is 0 Å². The predicted octanol–water partition coefficient (Wildman–Crippen LogP) is 3.07. The van der Waals surface area contributed by atoms with Crippen molar-refractivity contribution in [1.29, 1.82) is 0 Å². The molecule has 0 saturated carbocycles. The van der Waals surface area contributed by atoms with Crippen LogP contribution in [0.15, 0.2) is 42.6 Å². The van der Waals surface area contributed by atoms with E-state index >= 15 is 0 Å². The van der Waals surface area contributed by atoms with Crippen LogP contribution in [0.25, 0.3) is 10.9 Å². The third-order valence-corrected chi connectivity index (χ3v) is 2.85. The fourth-order valence-electron chi connectivity index (χ4n) is 1.88. The summed E-state index contributed by atoms with van der Waals surface area (Å²) in [6.45, 7) is 7.60. The second-order valence-electron chi connectivity index (χ2n) is 4.31. The molecule has 16 heavy (non-hydrogen) atoms. The minimum Gasteiger partial charge on any atom is -0.347 e. The molecule has 1 heterocycles. The number of allylic oxidation sites excluding steroid dienone is 1. The highest BCUT2D eigenvalue weighted by Gasteiger charge is 2.01. The van der Waals surface area contributed by atoms with E-state index < -0.39 is 0 Å². The molecule has 0 unspecified atom stereocenters. The molecule has 2 rings (SSSR count). The van der Waals surface area contributed by atoms with E-state index in [0.29, 0.717) is 6.54 Å². The van der Waals surface area contributed by atoms with Gasteiger partial charge in [-0.2, -0.15) is 0 Å². The number of benzene rings is 1. The van der Waals surface area contributed by atoms with Crippen molar-refractivity contribution in [3.05, 3.63) is 48.2 Å². The SMILES string of the molecule is C=C(C)CCn1ccc2cc(CN)ccc21. The normalized spacial score (nSPS) is 10.9. The summed E-state index contributed by atoms with van der Waals surface area (Å²) < 4.78 is 2.27. The van der Waals surface area contributed by atoms with Crippen molar-refractivity contribution in [3.8, 4) is 0 Å². The second-order valence-corrected chi connectivity index (χ2v) is 4.31. The van der Waals surface area contributed by atoms with Gasteiger partial charge < -0.3 is 10.3 Å². The summed E-state index contributed by atoms with van der Waals surface area (Å²) in [6.07, 6.45) is 3.16. The number of nitrogens with zero attached hydrogens (tertiary/aromatic N) is 1. The van der Waals surface area contributed by atoms with Crippen molar-refractivity contribution in [2.45, 2.75) is 26.4 Å². The first kappa shape index (κ1) is 11.0. The summed E-state index contributed by atoms with van der Waals surface area (Å²) in [5.41, 5.74) is 9.31. The van der Waals surface area contributed by atoms with Crippen LogP contribution in [0.4, 0.5) is 0 Å². The standard InChI is InChI=1S/C14H18N2/c1-11(2)5-7-16-8-6-13-9-12(10-15)3-4-14(13)16/h3-4,6,8-9H,1,5,7,10,15H2,2H3. The van der Waals surface area contributed by atoms with E-state index in [1.54, 1.807) is 0 Å². The van der Waals surface area contributed by atoms with Crippen LogP contribution in [0.3, 0.4) is 0 Å². The Bertz CT molecular complexity index is 508. The zero-order valence-electron chi connectivity index (χ0n) is 9.74. The van der Waals surface area contributed by atoms with Gasteiger partial charge in [0.25, 0.3) is 0 Å². The Kier molecular flexibility index (Phi) is 3.11. The third-order valence-electron chi connectivity index (χ3n) is 2.85. The zero-order chi connectivity index (χ0) is 11.5. The molecular weight excluding hydrogens is 196 g/mol. The van der Waals surface area contributed by atoms with E-state index in [0.717, 1.165) is 13.0 Å². The minimum atomic E-state index is 0.604. The predicted molar refractivity (Wildman–Crippen MR) is 69.3 cm³/mol. The number of hydrogen-bond acceptors (Lipinski definition) is 1. The number of aromatic nitrogens is 1. The van der Waals surface area contributed by atoms with Gasteiger partial charge >= 0.3 is 0 Å². The molecule has 0 bridgehead atoms. The maximum Gasteiger partial charge on any atom is 0.0480 e. The van der Waals surface area contributed by atoms with Gasteiger partial charge in [-0.05, 0) is 42.5 Å². The first-order chi connectivity index (χ1) is 7.70. The average Bonchev–Trinajstić information content (AvgIpc) is 2.68. The van der Waals surface area contributed by atoms with Crippen molar-refractivity contribution in [3.63, 3.8) is 0 Å². The van der Waals surface area contributed by atoms with Crippen LogP contribution >= 0.6 is 0 Å². The van der Waals surface area contributed by atoms with Crippen molar-refractivity contribution >= 4 is 10.9 Å². The first-order valence-corrected chi connectivity index (χ1v) is 5.63. The van der Waals surface area contributed by atoms with Gasteiger partial charge in [0.15, 0.2) is 0 Å². The monoisotopic (exact) mass is 214 g/mol. The number of aryl methyl sites for hydroxylation is 1. The summed E-state index contributed by atoms with van der Waals surface area (Å²) in [6, 6.07) is 8.55. The Morgan fingerprint density at radius 1 is 1.38 bits per heavy atom. The van der Waals surface area contributed by atoms with Crippen LogP contribution in [0.1, 0.15) is 18.9 Å². The molecule has 2 N–H and O–H groups in total. The number of nitrogens with two attached hydrogens (primary N) is 1. The van der Waals surface area contributed by atoms with Crippen LogP contribution in [-0.2, 0) is 13.1 Å². The van der Waals surface area contributed by atoms with E-state index in [4.69, 9.17) is 5.73 Å². The molecule has 0 spiro atoms. The summed E-state index contributed by atoms with van der Waals surface area (Å²) >= 11 is 0. The lowest BCUT2D eigenvalue weighted by Crippen LogP contribution is -1.98. The molecule has 0 amide bonds. The highest BCUT2D eigenvalue weighted by Crippen LogP contribution is 2.18. The zero-order valence-corrected chi connectivity index (χ0v) is 9.74. The molecule has 2 nitrogen and oxygen atoms in total. The average molecular weight is 214 g/mol. The van der Waals surface area contributed by atoms with Gasteiger partial charge in [-0.25, -0.2) is 0 Å². The van der Waals surface area contributed by atoms with E-state index in [-0.39, 0.29) is 0 Å². The summed E-state index contributed by atoms with van der Waals surface area (Å²) in [5.74, 6) is 0. The van der Waals surface area contributed by atoms with Crippen molar-refractivity contribution in [2.24, 2.45) is 5.73 Å². The Balaban J connectivity index is 2.30. The number of hydrogen-bond donors (Lipinski definition) is 1. The Labute approximate surface area is 96.4 Å². The van der Waals surface area contributed by atoms with Crippen molar-refractivity contribution in [2.75, 3.05) is 0 Å². The first-order valence-electron chi connectivity index (χ1n) is 5.63. The van der Waals surface area contributed by atoms with E-state index in [1.165, 1.54) is 22.0 Å². The van der Waals surface area contributed by atoms with Crippen LogP contribution < -0.4 is 5.73 Å². The minimum absolute atomic E-state index is 0.604. The third kappa shape index (κ3) is 2.17. The fourth-order valence-corrected chi connectivity index (χ4v) is 1.88. The topological polar surface area (TPSA) is 30.9 Å². The molecular formula is C14H18N2. The molecule has 0 aliphatic heterocycles. The van der Waals surface area contributed by atoms with E-state index in [2.05, 4.69) is 48.5 Å².